The lowest BCUT2D eigenvalue weighted by Crippen LogP contribution is -2.25. The van der Waals surface area contributed by atoms with Crippen LogP contribution in [0.15, 0.2) is 48.5 Å². The molecule has 0 saturated carbocycles. The number of unbranched alkanes of at least 4 members (excludes halogenated alkanes) is 4. The molecule has 0 radical (unpaired) electrons. The van der Waals surface area contributed by atoms with Gasteiger partial charge in [-0.15, -0.1) is 0 Å². The third-order valence-electron chi connectivity index (χ3n) is 5.59. The van der Waals surface area contributed by atoms with Gasteiger partial charge in [-0.2, -0.15) is 0 Å². The molecule has 0 fully saturated rings. The standard InChI is InChI=1S/C23H30.H3N/c1-3-5-11-17-23(18-12-6-4-2)21-15-9-7-13-19(21)20-14-8-10-16-22(20)23;/h7-10,13-16H,3-6,11-12,17-18H2,1-2H3;1H3. The van der Waals surface area contributed by atoms with Gasteiger partial charge in [0.25, 0.3) is 0 Å². The molecule has 3 N–H and O–H groups in total. The Bertz CT molecular complexity index is 586. The second-order valence-corrected chi connectivity index (χ2v) is 7.09. The molecule has 24 heavy (non-hydrogen) atoms. The van der Waals surface area contributed by atoms with Crippen molar-refractivity contribution in [2.45, 2.75) is 70.6 Å². The van der Waals surface area contributed by atoms with Crippen LogP contribution in [0.1, 0.15) is 76.3 Å². The van der Waals surface area contributed by atoms with Crippen LogP contribution >= 0.6 is 0 Å². The third kappa shape index (κ3) is 3.28. The van der Waals surface area contributed by atoms with Crippen molar-refractivity contribution < 1.29 is 0 Å². The minimum atomic E-state index is 0. The largest absolute Gasteiger partial charge is 0.344 e. The minimum absolute atomic E-state index is 0. The van der Waals surface area contributed by atoms with E-state index in [1.54, 1.807) is 11.1 Å². The molecule has 130 valence electrons. The number of benzene rings is 2. The van der Waals surface area contributed by atoms with Crippen molar-refractivity contribution >= 4 is 0 Å². The molecule has 1 nitrogen and oxygen atoms in total. The van der Waals surface area contributed by atoms with E-state index in [2.05, 4.69) is 62.4 Å². The van der Waals surface area contributed by atoms with Crippen LogP contribution < -0.4 is 6.15 Å². The molecule has 0 bridgehead atoms. The van der Waals surface area contributed by atoms with Gasteiger partial charge >= 0.3 is 0 Å². The Labute approximate surface area is 148 Å². The van der Waals surface area contributed by atoms with Crippen molar-refractivity contribution in [1.82, 2.24) is 6.15 Å². The molecule has 1 aliphatic rings. The Morgan fingerprint density at radius 2 is 1.04 bits per heavy atom. The summed E-state index contributed by atoms with van der Waals surface area (Å²) in [6, 6.07) is 18.3. The second kappa shape index (κ2) is 8.48. The van der Waals surface area contributed by atoms with Gasteiger partial charge in [0, 0.05) is 5.41 Å². The molecule has 0 atom stereocenters. The van der Waals surface area contributed by atoms with Crippen LogP contribution in [0.3, 0.4) is 0 Å². The van der Waals surface area contributed by atoms with Gasteiger partial charge < -0.3 is 6.15 Å². The van der Waals surface area contributed by atoms with Gasteiger partial charge in [-0.05, 0) is 35.1 Å². The van der Waals surface area contributed by atoms with Gasteiger partial charge in [-0.1, -0.05) is 101 Å². The van der Waals surface area contributed by atoms with E-state index in [0.717, 1.165) is 0 Å². The highest BCUT2D eigenvalue weighted by Crippen LogP contribution is 2.53. The average molecular weight is 324 g/mol. The molecule has 0 heterocycles. The molecular formula is C23H33N. The van der Waals surface area contributed by atoms with Crippen molar-refractivity contribution in [2.24, 2.45) is 0 Å². The van der Waals surface area contributed by atoms with Crippen LogP contribution in [0.25, 0.3) is 11.1 Å². The second-order valence-electron chi connectivity index (χ2n) is 7.09. The summed E-state index contributed by atoms with van der Waals surface area (Å²) < 4.78 is 0. The molecule has 1 aliphatic carbocycles. The molecule has 0 unspecified atom stereocenters. The normalized spacial score (nSPS) is 13.9. The van der Waals surface area contributed by atoms with Crippen LogP contribution in [0, 0.1) is 0 Å². The Balaban J connectivity index is 0.00000208. The monoisotopic (exact) mass is 323 g/mol. The summed E-state index contributed by atoms with van der Waals surface area (Å²) in [5.41, 5.74) is 6.41. The summed E-state index contributed by atoms with van der Waals surface area (Å²) in [5, 5.41) is 0. The Morgan fingerprint density at radius 3 is 1.46 bits per heavy atom. The summed E-state index contributed by atoms with van der Waals surface area (Å²) in [4.78, 5) is 0. The highest BCUT2D eigenvalue weighted by molar-refractivity contribution is 5.80. The summed E-state index contributed by atoms with van der Waals surface area (Å²) in [6.07, 6.45) is 10.6. The number of rotatable bonds is 8. The summed E-state index contributed by atoms with van der Waals surface area (Å²) in [7, 11) is 0. The van der Waals surface area contributed by atoms with Crippen LogP contribution in [0.4, 0.5) is 0 Å². The maximum atomic E-state index is 2.40. The fourth-order valence-electron chi connectivity index (χ4n) is 4.43. The molecule has 0 saturated heterocycles. The lowest BCUT2D eigenvalue weighted by atomic mass is 9.71. The first-order chi connectivity index (χ1) is 11.3. The molecule has 0 aromatic heterocycles. The number of fused-ring (bicyclic) bond motifs is 3. The third-order valence-corrected chi connectivity index (χ3v) is 5.59. The summed E-state index contributed by atoms with van der Waals surface area (Å²) in [5.74, 6) is 0. The van der Waals surface area contributed by atoms with Gasteiger partial charge in [0.2, 0.25) is 0 Å². The lowest BCUT2D eigenvalue weighted by Gasteiger charge is -2.32. The van der Waals surface area contributed by atoms with Crippen molar-refractivity contribution in [3.8, 4) is 11.1 Å². The fourth-order valence-corrected chi connectivity index (χ4v) is 4.43. The van der Waals surface area contributed by atoms with Gasteiger partial charge in [-0.3, -0.25) is 0 Å². The van der Waals surface area contributed by atoms with Gasteiger partial charge in [-0.25, -0.2) is 0 Å². The molecule has 2 aromatic carbocycles. The van der Waals surface area contributed by atoms with E-state index < -0.39 is 0 Å². The van der Waals surface area contributed by atoms with Gasteiger partial charge in [0.15, 0.2) is 0 Å². The van der Waals surface area contributed by atoms with E-state index in [1.165, 1.54) is 62.5 Å². The van der Waals surface area contributed by atoms with Crippen LogP contribution in [0.5, 0.6) is 0 Å². The first kappa shape index (κ1) is 18.7. The summed E-state index contributed by atoms with van der Waals surface area (Å²) >= 11 is 0. The number of hydrogen-bond acceptors (Lipinski definition) is 1. The zero-order chi connectivity index (χ0) is 16.1. The molecule has 2 aromatic rings. The quantitative estimate of drug-likeness (QED) is 0.509. The predicted octanol–water partition coefficient (Wildman–Crippen LogP) is 7.28. The zero-order valence-electron chi connectivity index (χ0n) is 15.5. The number of hydrogen-bond donors (Lipinski definition) is 1. The van der Waals surface area contributed by atoms with E-state index in [9.17, 15) is 0 Å². The van der Waals surface area contributed by atoms with E-state index >= 15 is 0 Å². The van der Waals surface area contributed by atoms with Gasteiger partial charge in [0.1, 0.15) is 0 Å². The minimum Gasteiger partial charge on any atom is -0.344 e. The maximum Gasteiger partial charge on any atom is 0.0215 e. The Morgan fingerprint density at radius 1 is 0.625 bits per heavy atom. The van der Waals surface area contributed by atoms with E-state index in [-0.39, 0.29) is 11.6 Å². The zero-order valence-corrected chi connectivity index (χ0v) is 15.5. The average Bonchev–Trinajstić information content (AvgIpc) is 2.87. The van der Waals surface area contributed by atoms with E-state index in [1.807, 2.05) is 0 Å². The Hall–Kier alpha value is -1.60. The smallest absolute Gasteiger partial charge is 0.0215 e. The molecule has 0 spiro atoms. The van der Waals surface area contributed by atoms with Crippen molar-refractivity contribution in [3.05, 3.63) is 59.7 Å². The topological polar surface area (TPSA) is 35.0 Å². The van der Waals surface area contributed by atoms with Crippen LogP contribution in [-0.4, -0.2) is 0 Å². The highest BCUT2D eigenvalue weighted by Gasteiger charge is 2.41. The lowest BCUT2D eigenvalue weighted by molar-refractivity contribution is 0.405. The fraction of sp³-hybridized carbons (Fsp3) is 0.478. The highest BCUT2D eigenvalue weighted by atomic mass is 14.4. The van der Waals surface area contributed by atoms with Gasteiger partial charge in [0.05, 0.1) is 0 Å². The predicted molar refractivity (Wildman–Crippen MR) is 106 cm³/mol. The molecule has 3 rings (SSSR count). The first-order valence-electron chi connectivity index (χ1n) is 9.53. The molecule has 0 amide bonds. The Kier molecular flexibility index (Phi) is 6.62. The van der Waals surface area contributed by atoms with Crippen molar-refractivity contribution in [1.29, 1.82) is 0 Å². The SMILES string of the molecule is CCCCCC1(CCCCC)c2ccccc2-c2ccccc21.N. The first-order valence-corrected chi connectivity index (χ1v) is 9.53. The maximum absolute atomic E-state index is 2.40. The van der Waals surface area contributed by atoms with Crippen molar-refractivity contribution in [3.63, 3.8) is 0 Å². The molecular weight excluding hydrogens is 290 g/mol. The van der Waals surface area contributed by atoms with Crippen molar-refractivity contribution in [2.75, 3.05) is 0 Å². The van der Waals surface area contributed by atoms with Crippen LogP contribution in [-0.2, 0) is 5.41 Å². The summed E-state index contributed by atoms with van der Waals surface area (Å²) in [6.45, 7) is 4.61. The van der Waals surface area contributed by atoms with E-state index in [0.29, 0.717) is 0 Å². The molecule has 0 aliphatic heterocycles. The molecule has 1 heteroatoms. The van der Waals surface area contributed by atoms with E-state index in [4.69, 9.17) is 0 Å². The van der Waals surface area contributed by atoms with Crippen LogP contribution in [0.2, 0.25) is 0 Å².